The van der Waals surface area contributed by atoms with Crippen LogP contribution in [0.3, 0.4) is 0 Å². The van der Waals surface area contributed by atoms with Crippen LogP contribution in [-0.2, 0) is 0 Å². The zero-order chi connectivity index (χ0) is 5.28. The molecule has 0 nitrogen and oxygen atoms in total. The van der Waals surface area contributed by atoms with Crippen molar-refractivity contribution >= 4 is 0 Å². The molecule has 1 rings (SSSR count). The second kappa shape index (κ2) is 1.76. The van der Waals surface area contributed by atoms with Crippen molar-refractivity contribution in [2.45, 2.75) is 25.2 Å². The Morgan fingerprint density at radius 3 is 1.71 bits per heavy atom. The van der Waals surface area contributed by atoms with Crippen LogP contribution >= 0.6 is 0 Å². The molecule has 2 unspecified atom stereocenters. The molecule has 1 aliphatic rings. The quantitative estimate of drug-likeness (QED) is 0.439. The maximum Gasteiger partial charge on any atom is 0.106 e. The molecule has 2 atom stereocenters. The number of alkyl halides is 2. The van der Waals surface area contributed by atoms with E-state index in [4.69, 9.17) is 0 Å². The smallest absolute Gasteiger partial charge is 0.106 e. The second-order valence-corrected chi connectivity index (χ2v) is 1.80. The number of hydrogen-bond acceptors (Lipinski definition) is 0. The lowest BCUT2D eigenvalue weighted by molar-refractivity contribution is 0.368. The molecule has 0 bridgehead atoms. The Hall–Kier alpha value is -0.140. The van der Waals surface area contributed by atoms with Gasteiger partial charge in [0.1, 0.15) is 12.3 Å². The molecule has 1 fully saturated rings. The summed E-state index contributed by atoms with van der Waals surface area (Å²) in [5, 5.41) is 0. The van der Waals surface area contributed by atoms with Crippen LogP contribution in [0.1, 0.15) is 12.8 Å². The van der Waals surface area contributed by atoms with Gasteiger partial charge in [-0.25, -0.2) is 8.78 Å². The van der Waals surface area contributed by atoms with Gasteiger partial charge in [-0.15, -0.1) is 0 Å². The van der Waals surface area contributed by atoms with Gasteiger partial charge in [-0.2, -0.15) is 0 Å². The minimum atomic E-state index is -0.977. The predicted molar refractivity (Wildman–Crippen MR) is 23.3 cm³/mol. The van der Waals surface area contributed by atoms with Gasteiger partial charge in [0.05, 0.1) is 0 Å². The van der Waals surface area contributed by atoms with Gasteiger partial charge in [-0.05, 0) is 12.8 Å². The van der Waals surface area contributed by atoms with Crippen molar-refractivity contribution in [1.82, 2.24) is 0 Å². The van der Waals surface area contributed by atoms with Crippen LogP contribution in [0.15, 0.2) is 0 Å². The van der Waals surface area contributed by atoms with Crippen molar-refractivity contribution in [1.29, 1.82) is 0 Å². The van der Waals surface area contributed by atoms with Crippen LogP contribution < -0.4 is 0 Å². The Labute approximate surface area is 41.5 Å². The van der Waals surface area contributed by atoms with Gasteiger partial charge >= 0.3 is 0 Å². The molecule has 0 saturated heterocycles. The normalized spacial score (nSPS) is 42.0. The van der Waals surface area contributed by atoms with Crippen molar-refractivity contribution in [3.8, 4) is 0 Å². The monoisotopic (exact) mass is 105 g/mol. The van der Waals surface area contributed by atoms with Crippen molar-refractivity contribution < 1.29 is 8.78 Å². The molecule has 0 aromatic carbocycles. The molecule has 1 saturated carbocycles. The summed E-state index contributed by atoms with van der Waals surface area (Å²) in [6, 6.07) is 0. The van der Waals surface area contributed by atoms with E-state index >= 15 is 0 Å². The van der Waals surface area contributed by atoms with E-state index < -0.39 is 12.3 Å². The molecular formula is C5H7F2. The predicted octanol–water partition coefficient (Wildman–Crippen LogP) is 1.66. The first kappa shape index (κ1) is 5.01. The van der Waals surface area contributed by atoms with Crippen LogP contribution in [0.25, 0.3) is 0 Å². The van der Waals surface area contributed by atoms with E-state index in [1.165, 1.54) is 0 Å². The molecule has 0 aliphatic heterocycles. The van der Waals surface area contributed by atoms with E-state index in [0.29, 0.717) is 12.8 Å². The number of halogens is 2. The molecule has 0 aromatic heterocycles. The highest BCUT2D eigenvalue weighted by molar-refractivity contribution is 4.91. The molecule has 0 amide bonds. The highest BCUT2D eigenvalue weighted by atomic mass is 19.1. The van der Waals surface area contributed by atoms with Crippen LogP contribution in [0.2, 0.25) is 0 Å². The number of rotatable bonds is 0. The van der Waals surface area contributed by atoms with Crippen molar-refractivity contribution in [2.75, 3.05) is 0 Å². The van der Waals surface area contributed by atoms with E-state index in [1.54, 1.807) is 0 Å². The van der Waals surface area contributed by atoms with Crippen LogP contribution in [-0.4, -0.2) is 12.3 Å². The Kier molecular flexibility index (Phi) is 1.26. The van der Waals surface area contributed by atoms with E-state index in [-0.39, 0.29) is 0 Å². The van der Waals surface area contributed by atoms with Crippen molar-refractivity contribution in [3.05, 3.63) is 6.42 Å². The van der Waals surface area contributed by atoms with Crippen LogP contribution in [0, 0.1) is 6.42 Å². The maximum atomic E-state index is 11.9. The molecule has 2 heteroatoms. The van der Waals surface area contributed by atoms with Gasteiger partial charge in [0.2, 0.25) is 0 Å². The third-order valence-electron chi connectivity index (χ3n) is 1.14. The van der Waals surface area contributed by atoms with E-state index in [2.05, 4.69) is 0 Å². The first-order valence-corrected chi connectivity index (χ1v) is 2.42. The summed E-state index contributed by atoms with van der Waals surface area (Å²) >= 11 is 0. The lowest BCUT2D eigenvalue weighted by Crippen LogP contribution is -1.94. The Morgan fingerprint density at radius 1 is 1.14 bits per heavy atom. The molecule has 0 N–H and O–H groups in total. The SMILES string of the molecule is FC1[CH]C(F)CC1. The molecule has 0 heterocycles. The minimum absolute atomic E-state index is 0.376. The molecular weight excluding hydrogens is 98.1 g/mol. The Balaban J connectivity index is 2.26. The Morgan fingerprint density at radius 2 is 1.57 bits per heavy atom. The lowest BCUT2D eigenvalue weighted by atomic mass is 10.3. The first-order valence-electron chi connectivity index (χ1n) is 2.42. The lowest BCUT2D eigenvalue weighted by Gasteiger charge is -1.89. The fourth-order valence-electron chi connectivity index (χ4n) is 0.737. The summed E-state index contributed by atoms with van der Waals surface area (Å²) in [7, 11) is 0. The molecule has 0 aromatic rings. The fourth-order valence-corrected chi connectivity index (χ4v) is 0.737. The molecule has 0 spiro atoms. The summed E-state index contributed by atoms with van der Waals surface area (Å²) in [5.74, 6) is 0. The van der Waals surface area contributed by atoms with Gasteiger partial charge in [0.15, 0.2) is 0 Å². The second-order valence-electron chi connectivity index (χ2n) is 1.80. The van der Waals surface area contributed by atoms with Crippen LogP contribution in [0.4, 0.5) is 8.78 Å². The molecule has 1 radical (unpaired) electrons. The van der Waals surface area contributed by atoms with Crippen molar-refractivity contribution in [2.24, 2.45) is 0 Å². The summed E-state index contributed by atoms with van der Waals surface area (Å²) in [5.41, 5.74) is 0. The molecule has 1 aliphatic carbocycles. The van der Waals surface area contributed by atoms with Gasteiger partial charge < -0.3 is 0 Å². The summed E-state index contributed by atoms with van der Waals surface area (Å²) in [6.45, 7) is 0. The minimum Gasteiger partial charge on any atom is -0.247 e. The van der Waals surface area contributed by atoms with Gasteiger partial charge in [0.25, 0.3) is 0 Å². The van der Waals surface area contributed by atoms with Gasteiger partial charge in [-0.3, -0.25) is 0 Å². The zero-order valence-corrected chi connectivity index (χ0v) is 3.90. The van der Waals surface area contributed by atoms with Crippen molar-refractivity contribution in [3.63, 3.8) is 0 Å². The maximum absolute atomic E-state index is 11.9. The third kappa shape index (κ3) is 1.11. The summed E-state index contributed by atoms with van der Waals surface area (Å²) in [6.07, 6.45) is -0.0903. The molecule has 7 heavy (non-hydrogen) atoms. The van der Waals surface area contributed by atoms with E-state index in [9.17, 15) is 8.78 Å². The third-order valence-corrected chi connectivity index (χ3v) is 1.14. The number of hydrogen-bond donors (Lipinski definition) is 0. The first-order chi connectivity index (χ1) is 3.29. The van der Waals surface area contributed by atoms with Crippen LogP contribution in [0.5, 0.6) is 0 Å². The Bertz CT molecular complexity index is 55.1. The van der Waals surface area contributed by atoms with E-state index in [0.717, 1.165) is 6.42 Å². The van der Waals surface area contributed by atoms with Gasteiger partial charge in [-0.1, -0.05) is 0 Å². The highest BCUT2D eigenvalue weighted by Crippen LogP contribution is 2.22. The highest BCUT2D eigenvalue weighted by Gasteiger charge is 2.23. The van der Waals surface area contributed by atoms with Gasteiger partial charge in [0, 0.05) is 6.42 Å². The standard InChI is InChI=1S/C5H7F2/c6-4-1-2-5(7)3-4/h3-5H,1-2H2. The average molecular weight is 105 g/mol. The summed E-state index contributed by atoms with van der Waals surface area (Å²) in [4.78, 5) is 0. The fraction of sp³-hybridized carbons (Fsp3) is 0.800. The zero-order valence-electron chi connectivity index (χ0n) is 3.90. The molecule has 41 valence electrons. The topological polar surface area (TPSA) is 0 Å². The summed E-state index contributed by atoms with van der Waals surface area (Å²) < 4.78 is 23.8. The van der Waals surface area contributed by atoms with E-state index in [1.807, 2.05) is 0 Å². The largest absolute Gasteiger partial charge is 0.247 e. The average Bonchev–Trinajstić information content (AvgIpc) is 1.87.